The van der Waals surface area contributed by atoms with Crippen LogP contribution in [0.5, 0.6) is 0 Å². The first-order valence-electron chi connectivity index (χ1n) is 7.92. The zero-order chi connectivity index (χ0) is 15.2. The van der Waals surface area contributed by atoms with E-state index in [0.29, 0.717) is 19.8 Å². The van der Waals surface area contributed by atoms with Crippen molar-refractivity contribution in [2.45, 2.75) is 31.5 Å². The minimum absolute atomic E-state index is 0.0367. The van der Waals surface area contributed by atoms with Crippen LogP contribution in [0.3, 0.4) is 0 Å². The number of nitrogens with one attached hydrogen (secondary N) is 1. The summed E-state index contributed by atoms with van der Waals surface area (Å²) in [6.45, 7) is 4.35. The topological polar surface area (TPSA) is 63.7 Å². The lowest BCUT2D eigenvalue weighted by Gasteiger charge is -2.33. The molecule has 0 aliphatic carbocycles. The highest BCUT2D eigenvalue weighted by Gasteiger charge is 2.26. The van der Waals surface area contributed by atoms with Crippen molar-refractivity contribution in [1.82, 2.24) is 15.2 Å². The number of likely N-dealkylation sites (tertiary alicyclic amines) is 1. The molecule has 2 saturated heterocycles. The molecule has 120 valence electrons. The van der Waals surface area contributed by atoms with Gasteiger partial charge in [0.25, 0.3) is 5.91 Å². The molecular formula is C16H23N3O3. The van der Waals surface area contributed by atoms with Crippen LogP contribution in [0, 0.1) is 0 Å². The number of rotatable bonds is 4. The van der Waals surface area contributed by atoms with Gasteiger partial charge < -0.3 is 14.8 Å². The number of carbonyl (C=O) groups excluding carboxylic acids is 1. The highest BCUT2D eigenvalue weighted by atomic mass is 16.6. The number of pyridine rings is 1. The van der Waals surface area contributed by atoms with Crippen LogP contribution in [0.15, 0.2) is 24.5 Å². The van der Waals surface area contributed by atoms with Crippen LogP contribution in [0.2, 0.25) is 0 Å². The normalized spacial score (nSPS) is 24.1. The number of hydrogen-bond acceptors (Lipinski definition) is 5. The largest absolute Gasteiger partial charge is 0.376 e. The van der Waals surface area contributed by atoms with E-state index in [-0.39, 0.29) is 11.9 Å². The van der Waals surface area contributed by atoms with Gasteiger partial charge in [-0.3, -0.25) is 14.7 Å². The molecule has 0 saturated carbocycles. The molecule has 3 heterocycles. The van der Waals surface area contributed by atoms with Crippen molar-refractivity contribution in [3.8, 4) is 0 Å². The van der Waals surface area contributed by atoms with Crippen LogP contribution < -0.4 is 5.32 Å². The Morgan fingerprint density at radius 3 is 2.91 bits per heavy atom. The fourth-order valence-corrected chi connectivity index (χ4v) is 2.92. The van der Waals surface area contributed by atoms with E-state index < -0.39 is 6.10 Å². The first-order chi connectivity index (χ1) is 10.8. The maximum absolute atomic E-state index is 12.1. The van der Waals surface area contributed by atoms with Gasteiger partial charge in [-0.2, -0.15) is 0 Å². The molecule has 1 aromatic rings. The molecule has 0 bridgehead atoms. The van der Waals surface area contributed by atoms with Gasteiger partial charge in [0.2, 0.25) is 0 Å². The van der Waals surface area contributed by atoms with Gasteiger partial charge in [0, 0.05) is 38.1 Å². The minimum atomic E-state index is -0.442. The Kier molecular flexibility index (Phi) is 5.37. The molecule has 3 rings (SSSR count). The van der Waals surface area contributed by atoms with Crippen molar-refractivity contribution in [3.05, 3.63) is 30.1 Å². The lowest BCUT2D eigenvalue weighted by Crippen LogP contribution is -2.50. The maximum atomic E-state index is 12.1. The Balaban J connectivity index is 1.40. The van der Waals surface area contributed by atoms with Gasteiger partial charge in [-0.1, -0.05) is 6.07 Å². The number of carbonyl (C=O) groups is 1. The number of piperidine rings is 1. The number of ether oxygens (including phenoxy) is 2. The SMILES string of the molecule is O=C(NC1CCN(Cc2cccnc2)CC1)C1COCCO1. The van der Waals surface area contributed by atoms with E-state index in [2.05, 4.69) is 21.3 Å². The van der Waals surface area contributed by atoms with Gasteiger partial charge >= 0.3 is 0 Å². The predicted octanol–water partition coefficient (Wildman–Crippen LogP) is 0.578. The molecule has 0 spiro atoms. The van der Waals surface area contributed by atoms with E-state index in [4.69, 9.17) is 9.47 Å². The van der Waals surface area contributed by atoms with Gasteiger partial charge in [0.05, 0.1) is 19.8 Å². The average molecular weight is 305 g/mol. The lowest BCUT2D eigenvalue weighted by molar-refractivity contribution is -0.148. The third-order valence-electron chi connectivity index (χ3n) is 4.17. The average Bonchev–Trinajstić information content (AvgIpc) is 2.58. The molecule has 22 heavy (non-hydrogen) atoms. The molecule has 0 aromatic carbocycles. The third kappa shape index (κ3) is 4.25. The molecular weight excluding hydrogens is 282 g/mol. The van der Waals surface area contributed by atoms with Crippen LogP contribution in [0.25, 0.3) is 0 Å². The van der Waals surface area contributed by atoms with Crippen molar-refractivity contribution >= 4 is 5.91 Å². The Hall–Kier alpha value is -1.50. The molecule has 0 radical (unpaired) electrons. The van der Waals surface area contributed by atoms with E-state index in [1.807, 2.05) is 12.3 Å². The van der Waals surface area contributed by atoms with Crippen molar-refractivity contribution < 1.29 is 14.3 Å². The quantitative estimate of drug-likeness (QED) is 0.881. The lowest BCUT2D eigenvalue weighted by atomic mass is 10.0. The highest BCUT2D eigenvalue weighted by Crippen LogP contribution is 2.14. The monoisotopic (exact) mass is 305 g/mol. The van der Waals surface area contributed by atoms with Crippen LogP contribution in [-0.2, 0) is 20.8 Å². The predicted molar refractivity (Wildman–Crippen MR) is 81.2 cm³/mol. The summed E-state index contributed by atoms with van der Waals surface area (Å²) in [6.07, 6.45) is 5.21. The van der Waals surface area contributed by atoms with Crippen molar-refractivity contribution in [1.29, 1.82) is 0 Å². The maximum Gasteiger partial charge on any atom is 0.251 e. The Labute approximate surface area is 130 Å². The summed E-state index contributed by atoms with van der Waals surface area (Å²) < 4.78 is 10.7. The Morgan fingerprint density at radius 2 is 2.23 bits per heavy atom. The molecule has 1 N–H and O–H groups in total. The Morgan fingerprint density at radius 1 is 1.36 bits per heavy atom. The number of hydrogen-bond donors (Lipinski definition) is 1. The molecule has 6 heteroatoms. The molecule has 2 aliphatic rings. The van der Waals surface area contributed by atoms with Crippen LogP contribution in [-0.4, -0.2) is 60.8 Å². The summed E-state index contributed by atoms with van der Waals surface area (Å²) in [6, 6.07) is 4.30. The van der Waals surface area contributed by atoms with E-state index >= 15 is 0 Å². The summed E-state index contributed by atoms with van der Waals surface area (Å²) in [4.78, 5) is 18.7. The molecule has 1 atom stereocenters. The van der Waals surface area contributed by atoms with E-state index in [1.165, 1.54) is 5.56 Å². The first-order valence-corrected chi connectivity index (χ1v) is 7.92. The number of amides is 1. The first kappa shape index (κ1) is 15.4. The Bertz CT molecular complexity index is 469. The third-order valence-corrected chi connectivity index (χ3v) is 4.17. The number of nitrogens with zero attached hydrogens (tertiary/aromatic N) is 2. The van der Waals surface area contributed by atoms with Crippen molar-refractivity contribution in [3.63, 3.8) is 0 Å². The summed E-state index contributed by atoms with van der Waals surface area (Å²) in [5.41, 5.74) is 1.23. The second kappa shape index (κ2) is 7.67. The standard InChI is InChI=1S/C16H23N3O3/c20-16(15-12-21-8-9-22-15)18-14-3-6-19(7-4-14)11-13-2-1-5-17-10-13/h1-2,5,10,14-15H,3-4,6-9,11-12H2,(H,18,20). The van der Waals surface area contributed by atoms with Crippen LogP contribution in [0.1, 0.15) is 18.4 Å². The minimum Gasteiger partial charge on any atom is -0.376 e. The van der Waals surface area contributed by atoms with Crippen molar-refractivity contribution in [2.75, 3.05) is 32.9 Å². The molecule has 2 aliphatic heterocycles. The second-order valence-corrected chi connectivity index (χ2v) is 5.85. The van der Waals surface area contributed by atoms with E-state index in [0.717, 1.165) is 32.5 Å². The summed E-state index contributed by atoms with van der Waals surface area (Å²) >= 11 is 0. The van der Waals surface area contributed by atoms with Crippen molar-refractivity contribution in [2.24, 2.45) is 0 Å². The molecule has 1 amide bonds. The zero-order valence-electron chi connectivity index (χ0n) is 12.7. The fraction of sp³-hybridized carbons (Fsp3) is 0.625. The molecule has 6 nitrogen and oxygen atoms in total. The van der Waals surface area contributed by atoms with Gasteiger partial charge in [-0.15, -0.1) is 0 Å². The summed E-state index contributed by atoms with van der Waals surface area (Å²) in [7, 11) is 0. The summed E-state index contributed by atoms with van der Waals surface area (Å²) in [5, 5.41) is 3.09. The van der Waals surface area contributed by atoms with Gasteiger partial charge in [0.15, 0.2) is 6.10 Å². The smallest absolute Gasteiger partial charge is 0.251 e. The van der Waals surface area contributed by atoms with Gasteiger partial charge in [0.1, 0.15) is 0 Å². The van der Waals surface area contributed by atoms with Crippen LogP contribution in [0.4, 0.5) is 0 Å². The van der Waals surface area contributed by atoms with E-state index in [9.17, 15) is 4.79 Å². The zero-order valence-corrected chi connectivity index (χ0v) is 12.7. The number of aromatic nitrogens is 1. The molecule has 2 fully saturated rings. The highest BCUT2D eigenvalue weighted by molar-refractivity contribution is 5.81. The van der Waals surface area contributed by atoms with Crippen LogP contribution >= 0.6 is 0 Å². The molecule has 1 aromatic heterocycles. The summed E-state index contributed by atoms with van der Waals surface area (Å²) in [5.74, 6) is -0.0367. The van der Waals surface area contributed by atoms with Gasteiger partial charge in [-0.05, 0) is 24.5 Å². The second-order valence-electron chi connectivity index (χ2n) is 5.85. The fourth-order valence-electron chi connectivity index (χ4n) is 2.92. The molecule has 1 unspecified atom stereocenters. The van der Waals surface area contributed by atoms with Gasteiger partial charge in [-0.25, -0.2) is 0 Å². The van der Waals surface area contributed by atoms with E-state index in [1.54, 1.807) is 6.20 Å².